The minimum atomic E-state index is -0.389. The molecule has 112 valence electrons. The van der Waals surface area contributed by atoms with Gasteiger partial charge in [0.1, 0.15) is 6.61 Å². The van der Waals surface area contributed by atoms with Crippen LogP contribution in [-0.4, -0.2) is 29.0 Å². The van der Waals surface area contributed by atoms with Gasteiger partial charge in [-0.3, -0.25) is 4.68 Å². The van der Waals surface area contributed by atoms with Crippen LogP contribution < -0.4 is 10.6 Å². The highest BCUT2D eigenvalue weighted by molar-refractivity contribution is 5.67. The molecule has 21 heavy (non-hydrogen) atoms. The highest BCUT2D eigenvalue weighted by Crippen LogP contribution is 2.03. The van der Waals surface area contributed by atoms with E-state index in [1.165, 1.54) is 0 Å². The summed E-state index contributed by atoms with van der Waals surface area (Å²) in [6.07, 6.45) is 4.10. The van der Waals surface area contributed by atoms with Crippen LogP contribution in [0.25, 0.3) is 0 Å². The summed E-state index contributed by atoms with van der Waals surface area (Å²) in [4.78, 5) is 11.5. The Kier molecular flexibility index (Phi) is 5.63. The van der Waals surface area contributed by atoms with E-state index in [0.717, 1.165) is 24.2 Å². The Bertz CT molecular complexity index is 554. The van der Waals surface area contributed by atoms with E-state index in [9.17, 15) is 4.79 Å². The van der Waals surface area contributed by atoms with Crippen molar-refractivity contribution in [2.24, 2.45) is 7.05 Å². The summed E-state index contributed by atoms with van der Waals surface area (Å²) in [5, 5.41) is 10.0. The fourth-order valence-electron chi connectivity index (χ4n) is 1.80. The summed E-state index contributed by atoms with van der Waals surface area (Å²) in [6.45, 7) is 1.63. The maximum Gasteiger partial charge on any atom is 0.407 e. The molecule has 0 saturated heterocycles. The number of nitrogens with zero attached hydrogens (tertiary/aromatic N) is 2. The quantitative estimate of drug-likeness (QED) is 0.766. The van der Waals surface area contributed by atoms with Gasteiger partial charge in [-0.2, -0.15) is 5.10 Å². The number of amides is 1. The summed E-state index contributed by atoms with van der Waals surface area (Å²) in [7, 11) is 1.87. The van der Waals surface area contributed by atoms with Gasteiger partial charge in [0.15, 0.2) is 0 Å². The van der Waals surface area contributed by atoms with Crippen molar-refractivity contribution in [3.05, 3.63) is 48.3 Å². The number of nitrogens with one attached hydrogen (secondary N) is 2. The Hall–Kier alpha value is -2.50. The van der Waals surface area contributed by atoms with Crippen molar-refractivity contribution in [2.45, 2.75) is 13.0 Å². The van der Waals surface area contributed by atoms with E-state index in [1.54, 1.807) is 10.9 Å². The fourth-order valence-corrected chi connectivity index (χ4v) is 1.80. The normalized spacial score (nSPS) is 10.1. The number of carbonyl (C=O) groups is 1. The van der Waals surface area contributed by atoms with Crippen LogP contribution in [0.4, 0.5) is 10.5 Å². The summed E-state index contributed by atoms with van der Waals surface area (Å²) < 4.78 is 6.85. The van der Waals surface area contributed by atoms with Gasteiger partial charge >= 0.3 is 6.09 Å². The molecule has 1 aromatic carbocycles. The Morgan fingerprint density at radius 1 is 1.29 bits per heavy atom. The van der Waals surface area contributed by atoms with E-state index >= 15 is 0 Å². The van der Waals surface area contributed by atoms with Crippen molar-refractivity contribution in [3.8, 4) is 0 Å². The van der Waals surface area contributed by atoms with Crippen molar-refractivity contribution in [1.29, 1.82) is 0 Å². The van der Waals surface area contributed by atoms with Gasteiger partial charge in [0.05, 0.1) is 11.9 Å². The molecule has 0 saturated carbocycles. The first-order chi connectivity index (χ1) is 10.2. The molecule has 0 aliphatic carbocycles. The zero-order valence-corrected chi connectivity index (χ0v) is 12.1. The predicted molar refractivity (Wildman–Crippen MR) is 80.9 cm³/mol. The third-order valence-electron chi connectivity index (χ3n) is 2.87. The van der Waals surface area contributed by atoms with Crippen LogP contribution in [-0.2, 0) is 18.4 Å². The number of hydrogen-bond acceptors (Lipinski definition) is 4. The van der Waals surface area contributed by atoms with Gasteiger partial charge < -0.3 is 15.4 Å². The van der Waals surface area contributed by atoms with E-state index < -0.39 is 0 Å². The molecule has 1 amide bonds. The maximum absolute atomic E-state index is 11.5. The Morgan fingerprint density at radius 3 is 2.81 bits per heavy atom. The molecule has 1 aromatic heterocycles. The number of ether oxygens (including phenoxy) is 1. The predicted octanol–water partition coefficient (Wildman–Crippen LogP) is 2.15. The van der Waals surface area contributed by atoms with Crippen LogP contribution in [0.1, 0.15) is 12.0 Å². The second-order valence-electron chi connectivity index (χ2n) is 4.67. The molecule has 6 heteroatoms. The number of aryl methyl sites for hydroxylation is 1. The molecular formula is C15H20N4O2. The maximum atomic E-state index is 11.5. The first-order valence-corrected chi connectivity index (χ1v) is 6.91. The van der Waals surface area contributed by atoms with E-state index in [1.807, 2.05) is 43.6 Å². The Morgan fingerprint density at radius 2 is 2.10 bits per heavy atom. The molecule has 0 spiro atoms. The number of alkyl carbamates (subject to hydrolysis) is 1. The average Bonchev–Trinajstić information content (AvgIpc) is 2.91. The monoisotopic (exact) mass is 288 g/mol. The van der Waals surface area contributed by atoms with Gasteiger partial charge in [-0.25, -0.2) is 4.79 Å². The van der Waals surface area contributed by atoms with Crippen LogP contribution >= 0.6 is 0 Å². The largest absolute Gasteiger partial charge is 0.445 e. The second kappa shape index (κ2) is 7.94. The zero-order valence-electron chi connectivity index (χ0n) is 12.1. The Labute approximate surface area is 124 Å². The summed E-state index contributed by atoms with van der Waals surface area (Å²) in [5.74, 6) is 0. The van der Waals surface area contributed by atoms with Gasteiger partial charge in [-0.1, -0.05) is 30.3 Å². The lowest BCUT2D eigenvalue weighted by Crippen LogP contribution is -2.26. The van der Waals surface area contributed by atoms with Crippen molar-refractivity contribution >= 4 is 11.8 Å². The first-order valence-electron chi connectivity index (χ1n) is 6.91. The molecule has 1 heterocycles. The molecule has 0 bridgehead atoms. The lowest BCUT2D eigenvalue weighted by Gasteiger charge is -2.07. The van der Waals surface area contributed by atoms with E-state index in [2.05, 4.69) is 15.7 Å². The number of benzene rings is 1. The summed E-state index contributed by atoms with van der Waals surface area (Å²) >= 11 is 0. The van der Waals surface area contributed by atoms with Crippen LogP contribution in [0.3, 0.4) is 0 Å². The van der Waals surface area contributed by atoms with Crippen LogP contribution in [0, 0.1) is 0 Å². The molecule has 0 fully saturated rings. The van der Waals surface area contributed by atoms with Gasteiger partial charge in [0.2, 0.25) is 0 Å². The highest BCUT2D eigenvalue weighted by atomic mass is 16.5. The number of carbonyl (C=O) groups excluding carboxylic acids is 1. The van der Waals surface area contributed by atoms with E-state index in [0.29, 0.717) is 13.2 Å². The SMILES string of the molecule is Cn1cc(NCCCNC(=O)OCc2ccccc2)cn1. The lowest BCUT2D eigenvalue weighted by molar-refractivity contribution is 0.139. The third-order valence-corrected chi connectivity index (χ3v) is 2.87. The molecule has 2 N–H and O–H groups in total. The third kappa shape index (κ3) is 5.56. The van der Waals surface area contributed by atoms with Gasteiger partial charge in [-0.15, -0.1) is 0 Å². The highest BCUT2D eigenvalue weighted by Gasteiger charge is 2.01. The molecule has 0 aliphatic heterocycles. The van der Waals surface area contributed by atoms with E-state index in [-0.39, 0.29) is 6.09 Å². The summed E-state index contributed by atoms with van der Waals surface area (Å²) in [6, 6.07) is 9.61. The molecule has 2 rings (SSSR count). The molecule has 0 aliphatic rings. The van der Waals surface area contributed by atoms with Crippen LogP contribution in [0.2, 0.25) is 0 Å². The van der Waals surface area contributed by atoms with E-state index in [4.69, 9.17) is 4.74 Å². The molecule has 6 nitrogen and oxygen atoms in total. The van der Waals surface area contributed by atoms with Crippen molar-refractivity contribution < 1.29 is 9.53 Å². The van der Waals surface area contributed by atoms with Crippen molar-refractivity contribution in [2.75, 3.05) is 18.4 Å². The van der Waals surface area contributed by atoms with Crippen molar-refractivity contribution in [3.63, 3.8) is 0 Å². The number of aromatic nitrogens is 2. The Balaban J connectivity index is 1.53. The molecule has 0 unspecified atom stereocenters. The smallest absolute Gasteiger partial charge is 0.407 e. The van der Waals surface area contributed by atoms with Gasteiger partial charge in [0, 0.05) is 26.3 Å². The van der Waals surface area contributed by atoms with Crippen LogP contribution in [0.5, 0.6) is 0 Å². The number of rotatable bonds is 7. The zero-order chi connectivity index (χ0) is 14.9. The standard InChI is InChI=1S/C15H20N4O2/c1-19-11-14(10-18-19)16-8-5-9-17-15(20)21-12-13-6-3-2-4-7-13/h2-4,6-7,10-11,16H,5,8-9,12H2,1H3,(H,17,20). The fraction of sp³-hybridized carbons (Fsp3) is 0.333. The summed E-state index contributed by atoms with van der Waals surface area (Å²) in [5.41, 5.74) is 1.95. The minimum absolute atomic E-state index is 0.292. The molecule has 2 aromatic rings. The van der Waals surface area contributed by atoms with Gasteiger partial charge in [-0.05, 0) is 12.0 Å². The second-order valence-corrected chi connectivity index (χ2v) is 4.67. The number of hydrogen-bond donors (Lipinski definition) is 2. The molecular weight excluding hydrogens is 268 g/mol. The topological polar surface area (TPSA) is 68.2 Å². The van der Waals surface area contributed by atoms with Crippen LogP contribution in [0.15, 0.2) is 42.7 Å². The number of anilines is 1. The lowest BCUT2D eigenvalue weighted by atomic mass is 10.2. The molecule has 0 radical (unpaired) electrons. The first kappa shape index (κ1) is 14.9. The van der Waals surface area contributed by atoms with Crippen molar-refractivity contribution in [1.82, 2.24) is 15.1 Å². The minimum Gasteiger partial charge on any atom is -0.445 e. The average molecular weight is 288 g/mol. The van der Waals surface area contributed by atoms with Gasteiger partial charge in [0.25, 0.3) is 0 Å². The molecule has 0 atom stereocenters.